The van der Waals surface area contributed by atoms with Gasteiger partial charge in [-0.2, -0.15) is 0 Å². The molecule has 1 unspecified atom stereocenters. The Hall–Kier alpha value is -2.90. The number of halogens is 2. The molecule has 3 aromatic rings. The molecule has 8 heteroatoms. The van der Waals surface area contributed by atoms with Crippen molar-refractivity contribution in [2.24, 2.45) is 0 Å². The van der Waals surface area contributed by atoms with E-state index in [2.05, 4.69) is 21.2 Å². The molecular formula is C22H18BrClN2O4. The summed E-state index contributed by atoms with van der Waals surface area (Å²) in [6.45, 7) is 0. The summed E-state index contributed by atoms with van der Waals surface area (Å²) in [6.07, 6.45) is -0.679. The molecule has 0 saturated heterocycles. The maximum Gasteiger partial charge on any atom is 0.262 e. The largest absolute Gasteiger partial charge is 0.503 e. The Bertz CT molecular complexity index is 1140. The minimum Gasteiger partial charge on any atom is -0.503 e. The minimum atomic E-state index is -0.679. The fourth-order valence-corrected chi connectivity index (χ4v) is 4.19. The normalized spacial score (nSPS) is 15.4. The smallest absolute Gasteiger partial charge is 0.262 e. The first-order valence-corrected chi connectivity index (χ1v) is 10.2. The van der Waals surface area contributed by atoms with Crippen LogP contribution in [0, 0.1) is 0 Å². The summed E-state index contributed by atoms with van der Waals surface area (Å²) in [5.74, 6) is 0.447. The summed E-state index contributed by atoms with van der Waals surface area (Å²) in [4.78, 5) is 15.2. The average molecular weight is 490 g/mol. The molecule has 0 saturated carbocycles. The molecule has 1 aliphatic rings. The molecule has 30 heavy (non-hydrogen) atoms. The fraction of sp³-hybridized carbons (Fsp3) is 0.136. The second-order valence-corrected chi connectivity index (χ2v) is 7.76. The molecule has 0 radical (unpaired) electrons. The fourth-order valence-electron chi connectivity index (χ4n) is 3.51. The summed E-state index contributed by atoms with van der Waals surface area (Å²) in [5, 5.41) is 14.0. The topological polar surface area (TPSA) is 71.0 Å². The Balaban J connectivity index is 1.97. The van der Waals surface area contributed by atoms with Gasteiger partial charge < -0.3 is 19.9 Å². The lowest BCUT2D eigenvalue weighted by Gasteiger charge is -2.39. The molecule has 4 rings (SSSR count). The molecule has 0 aromatic heterocycles. The second-order valence-electron chi connectivity index (χ2n) is 6.58. The van der Waals surface area contributed by atoms with Crippen LogP contribution in [0.2, 0.25) is 5.02 Å². The van der Waals surface area contributed by atoms with Crippen molar-refractivity contribution in [2.75, 3.05) is 24.4 Å². The van der Waals surface area contributed by atoms with Gasteiger partial charge in [0.1, 0.15) is 11.9 Å². The number of hydrogen-bond donors (Lipinski definition) is 2. The first kappa shape index (κ1) is 20.4. The van der Waals surface area contributed by atoms with Crippen molar-refractivity contribution in [3.8, 4) is 17.2 Å². The predicted octanol–water partition coefficient (Wildman–Crippen LogP) is 5.60. The third-order valence-electron chi connectivity index (χ3n) is 4.96. The van der Waals surface area contributed by atoms with Crippen LogP contribution in [0.1, 0.15) is 22.1 Å². The zero-order valence-electron chi connectivity index (χ0n) is 16.1. The number of carbonyl (C=O) groups is 1. The van der Waals surface area contributed by atoms with E-state index in [0.717, 1.165) is 0 Å². The first-order valence-electron chi connectivity index (χ1n) is 9.05. The number of carbonyl (C=O) groups excluding carboxylic acids is 1. The number of benzene rings is 3. The zero-order valence-corrected chi connectivity index (χ0v) is 18.5. The number of fused-ring (bicyclic) bond motifs is 1. The van der Waals surface area contributed by atoms with Gasteiger partial charge in [0.15, 0.2) is 11.5 Å². The quantitative estimate of drug-likeness (QED) is 0.499. The number of ether oxygens (including phenoxy) is 2. The standard InChI is InChI=1S/C22H18BrClN2O4/c1-29-16-10-6-5-9-15(16)26-21(25-14-8-4-3-7-12(14)22(26)28)13-11-17(30-2)20(27)18(23)19(13)24/h3-11,21,25,27H,1-2H3. The molecule has 3 aromatic carbocycles. The van der Waals surface area contributed by atoms with Crippen molar-refractivity contribution in [2.45, 2.75) is 6.17 Å². The molecule has 0 fully saturated rings. The Kier molecular flexibility index (Phi) is 5.49. The number of methoxy groups -OCH3 is 2. The van der Waals surface area contributed by atoms with Gasteiger partial charge in [0.25, 0.3) is 5.91 Å². The summed E-state index contributed by atoms with van der Waals surface area (Å²) in [7, 11) is 3.00. The zero-order chi connectivity index (χ0) is 21.4. The molecular weight excluding hydrogens is 472 g/mol. The molecule has 0 aliphatic carbocycles. The predicted molar refractivity (Wildman–Crippen MR) is 120 cm³/mol. The van der Waals surface area contributed by atoms with Crippen molar-refractivity contribution >= 4 is 44.8 Å². The van der Waals surface area contributed by atoms with Crippen LogP contribution in [0.3, 0.4) is 0 Å². The van der Waals surface area contributed by atoms with Gasteiger partial charge in [-0.25, -0.2) is 0 Å². The third-order valence-corrected chi connectivity index (χ3v) is 6.37. The monoisotopic (exact) mass is 488 g/mol. The van der Waals surface area contributed by atoms with Crippen LogP contribution >= 0.6 is 27.5 Å². The van der Waals surface area contributed by atoms with Crippen molar-refractivity contribution < 1.29 is 19.4 Å². The van der Waals surface area contributed by atoms with E-state index in [1.165, 1.54) is 7.11 Å². The number of para-hydroxylation sites is 3. The number of nitrogens with zero attached hydrogens (tertiary/aromatic N) is 1. The lowest BCUT2D eigenvalue weighted by Crippen LogP contribution is -2.43. The molecule has 154 valence electrons. The van der Waals surface area contributed by atoms with Crippen LogP contribution in [0.15, 0.2) is 59.1 Å². The highest BCUT2D eigenvalue weighted by Gasteiger charge is 2.37. The van der Waals surface area contributed by atoms with Crippen molar-refractivity contribution in [1.29, 1.82) is 0 Å². The van der Waals surface area contributed by atoms with E-state index in [0.29, 0.717) is 28.3 Å². The molecule has 1 aliphatic heterocycles. The van der Waals surface area contributed by atoms with Gasteiger partial charge in [0.05, 0.1) is 35.0 Å². The van der Waals surface area contributed by atoms with E-state index in [4.69, 9.17) is 21.1 Å². The van der Waals surface area contributed by atoms with Gasteiger partial charge in [-0.1, -0.05) is 35.9 Å². The van der Waals surface area contributed by atoms with Crippen LogP contribution in [0.4, 0.5) is 11.4 Å². The minimum absolute atomic E-state index is 0.113. The van der Waals surface area contributed by atoms with Gasteiger partial charge in [-0.05, 0) is 46.3 Å². The van der Waals surface area contributed by atoms with Crippen LogP contribution in [0.5, 0.6) is 17.2 Å². The summed E-state index contributed by atoms with van der Waals surface area (Å²) in [5.41, 5.74) is 2.33. The van der Waals surface area contributed by atoms with Crippen LogP contribution in [-0.4, -0.2) is 25.2 Å². The van der Waals surface area contributed by atoms with Crippen molar-refractivity contribution in [3.05, 3.63) is 75.2 Å². The molecule has 2 N–H and O–H groups in total. The highest BCUT2D eigenvalue weighted by molar-refractivity contribution is 9.10. The molecule has 1 atom stereocenters. The number of amides is 1. The SMILES string of the molecule is COc1ccccc1N1C(=O)c2ccccc2NC1c1cc(OC)c(O)c(Br)c1Cl. The number of phenolic OH excluding ortho intramolecular Hbond substituents is 1. The van der Waals surface area contributed by atoms with Crippen molar-refractivity contribution in [1.82, 2.24) is 0 Å². The van der Waals surface area contributed by atoms with E-state index in [1.807, 2.05) is 30.3 Å². The number of rotatable bonds is 4. The molecule has 1 heterocycles. The van der Waals surface area contributed by atoms with E-state index >= 15 is 0 Å². The van der Waals surface area contributed by atoms with Gasteiger partial charge >= 0.3 is 0 Å². The highest BCUT2D eigenvalue weighted by Crippen LogP contribution is 2.47. The second kappa shape index (κ2) is 8.08. The van der Waals surface area contributed by atoms with Gasteiger partial charge in [-0.3, -0.25) is 9.69 Å². The highest BCUT2D eigenvalue weighted by atomic mass is 79.9. The number of phenols is 1. The lowest BCUT2D eigenvalue weighted by atomic mass is 10.0. The Morgan fingerprint density at radius 3 is 2.47 bits per heavy atom. The molecule has 1 amide bonds. The third kappa shape index (κ3) is 3.24. The van der Waals surface area contributed by atoms with Crippen molar-refractivity contribution in [3.63, 3.8) is 0 Å². The van der Waals surface area contributed by atoms with E-state index in [-0.39, 0.29) is 26.9 Å². The molecule has 6 nitrogen and oxygen atoms in total. The summed E-state index contributed by atoms with van der Waals surface area (Å²) < 4.78 is 11.1. The average Bonchev–Trinajstić information content (AvgIpc) is 2.78. The van der Waals surface area contributed by atoms with E-state index in [1.54, 1.807) is 36.3 Å². The Morgan fingerprint density at radius 2 is 1.73 bits per heavy atom. The van der Waals surface area contributed by atoms with Crippen LogP contribution < -0.4 is 19.7 Å². The van der Waals surface area contributed by atoms with Crippen LogP contribution in [-0.2, 0) is 0 Å². The first-order chi connectivity index (χ1) is 14.5. The van der Waals surface area contributed by atoms with Gasteiger partial charge in [-0.15, -0.1) is 0 Å². The van der Waals surface area contributed by atoms with Gasteiger partial charge in [0, 0.05) is 11.3 Å². The summed E-state index contributed by atoms with van der Waals surface area (Å²) >= 11 is 9.91. The lowest BCUT2D eigenvalue weighted by molar-refractivity contribution is 0.0974. The van der Waals surface area contributed by atoms with E-state index < -0.39 is 6.17 Å². The number of anilines is 2. The Labute approximate surface area is 187 Å². The molecule has 0 bridgehead atoms. The number of aromatic hydroxyl groups is 1. The Morgan fingerprint density at radius 1 is 1.07 bits per heavy atom. The number of nitrogens with one attached hydrogen (secondary N) is 1. The maximum atomic E-state index is 13.6. The molecule has 0 spiro atoms. The van der Waals surface area contributed by atoms with E-state index in [9.17, 15) is 9.90 Å². The number of hydrogen-bond acceptors (Lipinski definition) is 5. The van der Waals surface area contributed by atoms with Crippen LogP contribution in [0.25, 0.3) is 0 Å². The summed E-state index contributed by atoms with van der Waals surface area (Å²) in [6, 6.07) is 16.1. The van der Waals surface area contributed by atoms with Gasteiger partial charge in [0.2, 0.25) is 0 Å². The maximum absolute atomic E-state index is 13.6.